The number of halogens is 3. The lowest BCUT2D eigenvalue weighted by molar-refractivity contribution is -0.274. The van der Waals surface area contributed by atoms with Crippen LogP contribution in [0.1, 0.15) is 46.9 Å². The molecule has 1 fully saturated rings. The number of carboxylic acids is 1. The molecule has 1 N–H and O–H groups in total. The van der Waals surface area contributed by atoms with E-state index in [9.17, 15) is 27.9 Å². The lowest BCUT2D eigenvalue weighted by atomic mass is 9.86. The van der Waals surface area contributed by atoms with Crippen LogP contribution >= 0.6 is 0 Å². The van der Waals surface area contributed by atoms with Crippen molar-refractivity contribution in [3.8, 4) is 17.2 Å². The van der Waals surface area contributed by atoms with Gasteiger partial charge >= 0.3 is 12.3 Å². The Morgan fingerprint density at radius 1 is 0.975 bits per heavy atom. The third-order valence-electron chi connectivity index (χ3n) is 7.22. The number of aliphatic carboxylic acids is 1. The molecule has 0 radical (unpaired) electrons. The average Bonchev–Trinajstić information content (AvgIpc) is 3.65. The normalized spacial score (nSPS) is 14.9. The summed E-state index contributed by atoms with van der Waals surface area (Å²) in [7, 11) is 1.52. The van der Waals surface area contributed by atoms with E-state index < -0.39 is 29.6 Å². The Labute approximate surface area is 227 Å². The minimum absolute atomic E-state index is 0.343. The van der Waals surface area contributed by atoms with Gasteiger partial charge in [0.25, 0.3) is 5.91 Å². The van der Waals surface area contributed by atoms with Crippen molar-refractivity contribution >= 4 is 22.8 Å². The number of rotatable bonds is 8. The third kappa shape index (κ3) is 4.97. The van der Waals surface area contributed by atoms with E-state index in [1.54, 1.807) is 49.4 Å². The maximum atomic E-state index is 13.8. The van der Waals surface area contributed by atoms with Gasteiger partial charge in [0.1, 0.15) is 17.2 Å². The van der Waals surface area contributed by atoms with Crippen LogP contribution in [0.25, 0.3) is 10.9 Å². The number of carboxylic acid groups (broad SMARTS) is 1. The van der Waals surface area contributed by atoms with Crippen molar-refractivity contribution < 1.29 is 42.1 Å². The summed E-state index contributed by atoms with van der Waals surface area (Å²) in [4.78, 5) is 25.1. The smallest absolute Gasteiger partial charge is 0.497 e. The Balaban J connectivity index is 1.67. The van der Waals surface area contributed by atoms with Crippen LogP contribution in [0.4, 0.5) is 13.2 Å². The molecule has 4 aromatic rings. The number of fused-ring (bicyclic) bond motifs is 1. The Bertz CT molecular complexity index is 1600. The number of carbonyl (C=O) groups excluding carboxylic acids is 1. The van der Waals surface area contributed by atoms with Crippen LogP contribution in [0.2, 0.25) is 0 Å². The van der Waals surface area contributed by atoms with Crippen molar-refractivity contribution in [2.75, 3.05) is 7.11 Å². The topological polar surface area (TPSA) is 87.0 Å². The summed E-state index contributed by atoms with van der Waals surface area (Å²) in [5.74, 6) is -0.908. The minimum atomic E-state index is -4.88. The molecule has 0 aliphatic heterocycles. The maximum absolute atomic E-state index is 13.8. The van der Waals surface area contributed by atoms with Crippen LogP contribution in [-0.2, 0) is 10.2 Å². The summed E-state index contributed by atoms with van der Waals surface area (Å²) in [6, 6.07) is 17.6. The van der Waals surface area contributed by atoms with Gasteiger partial charge in [-0.2, -0.15) is 0 Å². The molecule has 1 aliphatic rings. The fraction of sp³-hybridized carbons (Fsp3) is 0.267. The SMILES string of the molecule is COc1ccc(C(=O)n2c(C)c(C3(c4cccc(O[C@@H](C)C(=O)O)c4)CC3)c3cc(OC(F)(F)F)ccc32)cc1. The summed E-state index contributed by atoms with van der Waals surface area (Å²) >= 11 is 0. The first-order valence-electron chi connectivity index (χ1n) is 12.5. The van der Waals surface area contributed by atoms with Crippen LogP contribution in [0, 0.1) is 6.92 Å². The van der Waals surface area contributed by atoms with E-state index >= 15 is 0 Å². The minimum Gasteiger partial charge on any atom is -0.497 e. The quantitative estimate of drug-likeness (QED) is 0.269. The average molecular weight is 554 g/mol. The molecule has 0 amide bonds. The first-order valence-corrected chi connectivity index (χ1v) is 12.5. The van der Waals surface area contributed by atoms with Crippen molar-refractivity contribution in [1.82, 2.24) is 4.57 Å². The van der Waals surface area contributed by atoms with Crippen molar-refractivity contribution in [1.29, 1.82) is 0 Å². The number of ether oxygens (including phenoxy) is 3. The van der Waals surface area contributed by atoms with Gasteiger partial charge in [-0.1, -0.05) is 12.1 Å². The monoisotopic (exact) mass is 553 g/mol. The number of hydrogen-bond acceptors (Lipinski definition) is 5. The molecule has 0 unspecified atom stereocenters. The molecular weight excluding hydrogens is 527 g/mol. The van der Waals surface area contributed by atoms with E-state index in [0.717, 1.165) is 5.56 Å². The van der Waals surface area contributed by atoms with Crippen molar-refractivity contribution in [3.05, 3.63) is 89.1 Å². The lowest BCUT2D eigenvalue weighted by Gasteiger charge is -2.19. The van der Waals surface area contributed by atoms with E-state index in [0.29, 0.717) is 52.1 Å². The molecule has 5 rings (SSSR count). The molecule has 0 bridgehead atoms. The Morgan fingerprint density at radius 2 is 1.65 bits per heavy atom. The molecule has 40 heavy (non-hydrogen) atoms. The highest BCUT2D eigenvalue weighted by molar-refractivity contribution is 6.05. The molecule has 1 atom stereocenters. The van der Waals surface area contributed by atoms with Gasteiger partial charge in [-0.3, -0.25) is 9.36 Å². The fourth-order valence-corrected chi connectivity index (χ4v) is 5.25. The van der Waals surface area contributed by atoms with E-state index in [1.807, 2.05) is 6.07 Å². The summed E-state index contributed by atoms with van der Waals surface area (Å²) in [5.41, 5.74) is 2.31. The van der Waals surface area contributed by atoms with Crippen LogP contribution in [0.3, 0.4) is 0 Å². The van der Waals surface area contributed by atoms with E-state index in [4.69, 9.17) is 9.47 Å². The first-order chi connectivity index (χ1) is 18.9. The van der Waals surface area contributed by atoms with E-state index in [1.165, 1.54) is 36.8 Å². The Hall–Kier alpha value is -4.47. The summed E-state index contributed by atoms with van der Waals surface area (Å²) in [6.07, 6.45) is -4.61. The van der Waals surface area contributed by atoms with Gasteiger partial charge < -0.3 is 19.3 Å². The molecule has 10 heteroatoms. The van der Waals surface area contributed by atoms with Gasteiger partial charge in [-0.05, 0) is 92.4 Å². The zero-order valence-electron chi connectivity index (χ0n) is 21.9. The van der Waals surface area contributed by atoms with Crippen molar-refractivity contribution in [2.45, 2.75) is 44.6 Å². The Kier molecular flexibility index (Phi) is 6.73. The fourth-order valence-electron chi connectivity index (χ4n) is 5.25. The molecule has 7 nitrogen and oxygen atoms in total. The van der Waals surface area contributed by atoms with E-state index in [2.05, 4.69) is 4.74 Å². The van der Waals surface area contributed by atoms with Crippen molar-refractivity contribution in [2.24, 2.45) is 0 Å². The van der Waals surface area contributed by atoms with Crippen LogP contribution in [0.5, 0.6) is 17.2 Å². The van der Waals surface area contributed by atoms with Crippen LogP contribution in [0.15, 0.2) is 66.7 Å². The molecule has 0 spiro atoms. The molecule has 1 saturated carbocycles. The first kappa shape index (κ1) is 27.1. The number of nitrogens with zero attached hydrogens (tertiary/aromatic N) is 1. The molecule has 208 valence electrons. The predicted molar refractivity (Wildman–Crippen MR) is 140 cm³/mol. The van der Waals surface area contributed by atoms with Gasteiger partial charge in [0.2, 0.25) is 0 Å². The number of hydrogen-bond donors (Lipinski definition) is 1. The Morgan fingerprint density at radius 3 is 2.25 bits per heavy atom. The zero-order valence-corrected chi connectivity index (χ0v) is 21.9. The molecule has 1 aliphatic carbocycles. The third-order valence-corrected chi connectivity index (χ3v) is 7.22. The predicted octanol–water partition coefficient (Wildman–Crippen LogP) is 6.48. The van der Waals surface area contributed by atoms with Gasteiger partial charge in [-0.15, -0.1) is 13.2 Å². The molecular formula is C30H26F3NO6. The lowest BCUT2D eigenvalue weighted by Crippen LogP contribution is -2.23. The van der Waals surface area contributed by atoms with Gasteiger partial charge in [0.05, 0.1) is 12.6 Å². The second kappa shape index (κ2) is 9.93. The van der Waals surface area contributed by atoms with Gasteiger partial charge in [-0.25, -0.2) is 4.79 Å². The number of carbonyl (C=O) groups is 2. The second-order valence-corrected chi connectivity index (χ2v) is 9.76. The summed E-state index contributed by atoms with van der Waals surface area (Å²) < 4.78 is 55.8. The maximum Gasteiger partial charge on any atom is 0.573 e. The number of aromatic nitrogens is 1. The highest BCUT2D eigenvalue weighted by atomic mass is 19.4. The van der Waals surface area contributed by atoms with Crippen LogP contribution < -0.4 is 14.2 Å². The van der Waals surface area contributed by atoms with E-state index in [-0.39, 0.29) is 5.91 Å². The standard InChI is InChI=1S/C30H26F3NO6/c1-17-26(29(13-14-29)20-5-4-6-22(15-20)39-18(2)28(36)37)24-16-23(40-30(31,32)33)11-12-25(24)34(17)27(35)19-7-9-21(38-3)10-8-19/h4-12,15-16,18H,13-14H2,1-3H3,(H,36,37)/t18-/m0/s1. The number of benzene rings is 3. The summed E-state index contributed by atoms with van der Waals surface area (Å²) in [6.45, 7) is 3.20. The molecule has 0 saturated heterocycles. The van der Waals surface area contributed by atoms with Crippen molar-refractivity contribution in [3.63, 3.8) is 0 Å². The molecule has 1 aromatic heterocycles. The highest BCUT2D eigenvalue weighted by Crippen LogP contribution is 2.57. The van der Waals surface area contributed by atoms with Gasteiger partial charge in [0.15, 0.2) is 6.10 Å². The van der Waals surface area contributed by atoms with Crippen LogP contribution in [-0.4, -0.2) is 41.1 Å². The number of methoxy groups -OCH3 is 1. The number of alkyl halides is 3. The molecule has 1 heterocycles. The summed E-state index contributed by atoms with van der Waals surface area (Å²) in [5, 5.41) is 9.71. The zero-order chi connectivity index (χ0) is 28.8. The second-order valence-electron chi connectivity index (χ2n) is 9.76. The largest absolute Gasteiger partial charge is 0.573 e. The molecule has 3 aromatic carbocycles. The van der Waals surface area contributed by atoms with Gasteiger partial charge in [0, 0.05) is 22.1 Å². The highest BCUT2D eigenvalue weighted by Gasteiger charge is 2.49.